The summed E-state index contributed by atoms with van der Waals surface area (Å²) >= 11 is 0. The largest absolute Gasteiger partial charge is 0.482 e. The lowest BCUT2D eigenvalue weighted by molar-refractivity contribution is -0.139. The molecule has 0 saturated heterocycles. The van der Waals surface area contributed by atoms with Crippen molar-refractivity contribution >= 4 is 21.7 Å². The average molecular weight is 399 g/mol. The maximum absolute atomic E-state index is 12.3. The predicted octanol–water partition coefficient (Wildman–Crippen LogP) is 2.84. The molecular weight excluding hydrogens is 368 g/mol. The molecule has 27 heavy (non-hydrogen) atoms. The Morgan fingerprint density at radius 2 is 1.89 bits per heavy atom. The third-order valence-corrected chi connectivity index (χ3v) is 7.02. The number of carbonyl (C=O) groups is 1. The summed E-state index contributed by atoms with van der Waals surface area (Å²) in [6, 6.07) is 7.25. The highest BCUT2D eigenvalue weighted by Gasteiger charge is 2.32. The minimum atomic E-state index is -3.31. The van der Waals surface area contributed by atoms with Gasteiger partial charge in [-0.1, -0.05) is 6.07 Å². The summed E-state index contributed by atoms with van der Waals surface area (Å²) in [7, 11) is -3.31. The number of benzene rings is 1. The first-order valence-electron chi connectivity index (χ1n) is 9.27. The number of hydrogen-bond acceptors (Lipinski definition) is 5. The van der Waals surface area contributed by atoms with E-state index in [0.717, 1.165) is 37.9 Å². The van der Waals surface area contributed by atoms with Gasteiger partial charge in [0.15, 0.2) is 6.61 Å². The molecule has 1 aromatic carbocycles. The minimum Gasteiger partial charge on any atom is -0.482 e. The van der Waals surface area contributed by atoms with Gasteiger partial charge >= 0.3 is 5.97 Å². The van der Waals surface area contributed by atoms with Gasteiger partial charge in [0.05, 0.1) is 4.75 Å². The van der Waals surface area contributed by atoms with Crippen molar-refractivity contribution in [1.82, 2.24) is 4.72 Å². The van der Waals surface area contributed by atoms with Crippen molar-refractivity contribution in [2.45, 2.75) is 57.2 Å². The molecule has 0 spiro atoms. The first-order valence-corrected chi connectivity index (χ1v) is 10.8. The van der Waals surface area contributed by atoms with E-state index in [2.05, 4.69) is 10.0 Å². The average Bonchev–Trinajstić information content (AvgIpc) is 2.58. The Kier molecular flexibility index (Phi) is 7.11. The standard InChI is InChI=1S/C19H30N2O5S/c1-19(2,3)27(24,25)21-15-9-7-14(8-10-15)12-20-16-5-4-6-17(11-16)26-13-18(22)23/h4-6,11,14-15,20-21H,7-10,12-13H2,1-3H3,(H,22,23). The van der Waals surface area contributed by atoms with Gasteiger partial charge in [0.1, 0.15) is 5.75 Å². The smallest absolute Gasteiger partial charge is 0.341 e. The van der Waals surface area contributed by atoms with Gasteiger partial charge < -0.3 is 15.2 Å². The molecule has 152 valence electrons. The number of carboxylic acids is 1. The number of sulfonamides is 1. The van der Waals surface area contributed by atoms with Crippen LogP contribution in [0.5, 0.6) is 5.75 Å². The molecule has 8 heteroatoms. The molecule has 1 aliphatic rings. The molecule has 0 unspecified atom stereocenters. The maximum atomic E-state index is 12.3. The van der Waals surface area contributed by atoms with Gasteiger partial charge in [0.2, 0.25) is 10.0 Å². The second-order valence-electron chi connectivity index (χ2n) is 8.04. The molecule has 0 bridgehead atoms. The Balaban J connectivity index is 1.78. The molecule has 1 aromatic rings. The summed E-state index contributed by atoms with van der Waals surface area (Å²) in [5.41, 5.74) is 0.883. The molecular formula is C19H30N2O5S. The molecule has 0 amide bonds. The van der Waals surface area contributed by atoms with Crippen LogP contribution in [0.25, 0.3) is 0 Å². The number of nitrogens with one attached hydrogen (secondary N) is 2. The highest BCUT2D eigenvalue weighted by Crippen LogP contribution is 2.27. The van der Waals surface area contributed by atoms with Gasteiger partial charge in [0, 0.05) is 24.3 Å². The van der Waals surface area contributed by atoms with Crippen LogP contribution >= 0.6 is 0 Å². The van der Waals surface area contributed by atoms with Crippen LogP contribution in [0.3, 0.4) is 0 Å². The van der Waals surface area contributed by atoms with E-state index in [1.807, 2.05) is 12.1 Å². The topological polar surface area (TPSA) is 105 Å². The Hall–Kier alpha value is -1.80. The van der Waals surface area contributed by atoms with E-state index in [0.29, 0.717) is 11.7 Å². The molecule has 2 rings (SSSR count). The summed E-state index contributed by atoms with van der Waals surface area (Å²) in [5.74, 6) is -0.0149. The number of rotatable bonds is 8. The monoisotopic (exact) mass is 398 g/mol. The molecule has 1 aliphatic carbocycles. The third kappa shape index (κ3) is 6.70. The molecule has 0 atom stereocenters. The van der Waals surface area contributed by atoms with Crippen LogP contribution < -0.4 is 14.8 Å². The predicted molar refractivity (Wildman–Crippen MR) is 106 cm³/mol. The Morgan fingerprint density at radius 3 is 2.48 bits per heavy atom. The Bertz CT molecular complexity index is 735. The van der Waals surface area contributed by atoms with Crippen LogP contribution in [0.15, 0.2) is 24.3 Å². The molecule has 3 N–H and O–H groups in total. The van der Waals surface area contributed by atoms with Crippen LogP contribution in [0.4, 0.5) is 5.69 Å². The van der Waals surface area contributed by atoms with Crippen LogP contribution in [-0.2, 0) is 14.8 Å². The van der Waals surface area contributed by atoms with Gasteiger partial charge in [-0.25, -0.2) is 17.9 Å². The lowest BCUT2D eigenvalue weighted by Gasteiger charge is -2.31. The normalized spacial score (nSPS) is 20.9. The highest BCUT2D eigenvalue weighted by atomic mass is 32.2. The van der Waals surface area contributed by atoms with E-state index in [9.17, 15) is 13.2 Å². The van der Waals surface area contributed by atoms with Gasteiger partial charge in [-0.2, -0.15) is 0 Å². The molecule has 7 nitrogen and oxygen atoms in total. The summed E-state index contributed by atoms with van der Waals surface area (Å²) < 4.78 is 31.8. The van der Waals surface area contributed by atoms with Crippen molar-refractivity contribution < 1.29 is 23.1 Å². The fraction of sp³-hybridized carbons (Fsp3) is 0.632. The van der Waals surface area contributed by atoms with Crippen molar-refractivity contribution in [2.75, 3.05) is 18.5 Å². The van der Waals surface area contributed by atoms with Gasteiger partial charge in [-0.3, -0.25) is 0 Å². The number of aliphatic carboxylic acids is 1. The van der Waals surface area contributed by atoms with E-state index in [-0.39, 0.29) is 12.6 Å². The minimum absolute atomic E-state index is 0.0122. The molecule has 0 aromatic heterocycles. The lowest BCUT2D eigenvalue weighted by atomic mass is 9.86. The van der Waals surface area contributed by atoms with Crippen molar-refractivity contribution in [3.63, 3.8) is 0 Å². The van der Waals surface area contributed by atoms with Crippen molar-refractivity contribution in [3.8, 4) is 5.75 Å². The van der Waals surface area contributed by atoms with Gasteiger partial charge in [0.25, 0.3) is 0 Å². The quantitative estimate of drug-likeness (QED) is 0.622. The van der Waals surface area contributed by atoms with E-state index < -0.39 is 20.7 Å². The first-order chi connectivity index (χ1) is 12.6. The number of anilines is 1. The van der Waals surface area contributed by atoms with Crippen molar-refractivity contribution in [3.05, 3.63) is 24.3 Å². The lowest BCUT2D eigenvalue weighted by Crippen LogP contribution is -2.46. The molecule has 0 heterocycles. The van der Waals surface area contributed by atoms with Crippen molar-refractivity contribution in [1.29, 1.82) is 0 Å². The Labute approximate surface area is 161 Å². The zero-order valence-corrected chi connectivity index (χ0v) is 17.0. The van der Waals surface area contributed by atoms with Crippen LogP contribution in [0.2, 0.25) is 0 Å². The Morgan fingerprint density at radius 1 is 1.22 bits per heavy atom. The third-order valence-electron chi connectivity index (χ3n) is 4.77. The van der Waals surface area contributed by atoms with E-state index in [1.165, 1.54) is 0 Å². The number of ether oxygens (including phenoxy) is 1. The van der Waals surface area contributed by atoms with Crippen LogP contribution in [0.1, 0.15) is 46.5 Å². The van der Waals surface area contributed by atoms with Crippen LogP contribution in [0, 0.1) is 5.92 Å². The molecule has 0 radical (unpaired) electrons. The van der Waals surface area contributed by atoms with E-state index >= 15 is 0 Å². The SMILES string of the molecule is CC(C)(C)S(=O)(=O)NC1CCC(CNc2cccc(OCC(=O)O)c2)CC1. The first kappa shape index (κ1) is 21.5. The fourth-order valence-corrected chi connectivity index (χ4v) is 4.01. The number of carboxylic acid groups (broad SMARTS) is 1. The second kappa shape index (κ2) is 8.93. The van der Waals surface area contributed by atoms with E-state index in [4.69, 9.17) is 9.84 Å². The highest BCUT2D eigenvalue weighted by molar-refractivity contribution is 7.90. The summed E-state index contributed by atoms with van der Waals surface area (Å²) in [6.07, 6.45) is 3.59. The van der Waals surface area contributed by atoms with Gasteiger partial charge in [-0.05, 0) is 64.5 Å². The van der Waals surface area contributed by atoms with E-state index in [1.54, 1.807) is 32.9 Å². The summed E-state index contributed by atoms with van der Waals surface area (Å²) in [5, 5.41) is 12.0. The van der Waals surface area contributed by atoms with Crippen molar-refractivity contribution in [2.24, 2.45) is 5.92 Å². The zero-order valence-electron chi connectivity index (χ0n) is 16.2. The molecule has 0 aliphatic heterocycles. The number of hydrogen-bond donors (Lipinski definition) is 3. The fourth-order valence-electron chi connectivity index (χ4n) is 2.98. The summed E-state index contributed by atoms with van der Waals surface area (Å²) in [6.45, 7) is 5.55. The van der Waals surface area contributed by atoms with Gasteiger partial charge in [-0.15, -0.1) is 0 Å². The maximum Gasteiger partial charge on any atom is 0.341 e. The van der Waals surface area contributed by atoms with Crippen LogP contribution in [-0.4, -0.2) is 43.4 Å². The summed E-state index contributed by atoms with van der Waals surface area (Å²) in [4.78, 5) is 10.6. The second-order valence-corrected chi connectivity index (χ2v) is 10.5. The molecule has 1 saturated carbocycles. The molecule has 1 fully saturated rings. The zero-order chi connectivity index (χ0) is 20.1.